The van der Waals surface area contributed by atoms with Crippen LogP contribution in [0.5, 0.6) is 17.2 Å². The van der Waals surface area contributed by atoms with Crippen molar-refractivity contribution in [2.24, 2.45) is 0 Å². The standard InChI is InChI=1S/C30H27ClN2O6S/c1-4-37-20-11-7-17(8-12-20)27(34)25-26(18-9-14-22(38-5-2)23(15-18)39-6-3)33(29(36)28(25)35)30-32-21-13-10-19(31)16-24(21)40-30/h7-16,26,34H,4-6H2,1-3H3. The zero-order valence-electron chi connectivity index (χ0n) is 22.1. The number of halogens is 1. The average Bonchev–Trinajstić information content (AvgIpc) is 3.47. The lowest BCUT2D eigenvalue weighted by Crippen LogP contribution is -2.29. The van der Waals surface area contributed by atoms with Gasteiger partial charge in [-0.05, 0) is 80.9 Å². The molecule has 3 aromatic carbocycles. The molecule has 1 aliphatic heterocycles. The molecule has 1 aliphatic rings. The highest BCUT2D eigenvalue weighted by molar-refractivity contribution is 7.22. The van der Waals surface area contributed by atoms with Crippen molar-refractivity contribution in [1.29, 1.82) is 0 Å². The minimum atomic E-state index is -0.975. The van der Waals surface area contributed by atoms with E-state index in [-0.39, 0.29) is 11.3 Å². The molecule has 5 rings (SSSR count). The fourth-order valence-corrected chi connectivity index (χ4v) is 5.87. The Kier molecular flexibility index (Phi) is 7.95. The number of benzene rings is 3. The van der Waals surface area contributed by atoms with Gasteiger partial charge in [-0.1, -0.05) is 29.0 Å². The minimum Gasteiger partial charge on any atom is -0.507 e. The molecule has 1 saturated heterocycles. The van der Waals surface area contributed by atoms with Crippen LogP contribution in [-0.4, -0.2) is 41.6 Å². The maximum atomic E-state index is 13.6. The van der Waals surface area contributed by atoms with E-state index in [1.165, 1.54) is 16.2 Å². The number of amides is 1. The van der Waals surface area contributed by atoms with E-state index in [1.807, 2.05) is 20.8 Å². The first-order chi connectivity index (χ1) is 19.4. The van der Waals surface area contributed by atoms with E-state index in [2.05, 4.69) is 4.98 Å². The Morgan fingerprint density at radius 2 is 1.62 bits per heavy atom. The zero-order chi connectivity index (χ0) is 28.4. The molecule has 1 amide bonds. The molecule has 0 aliphatic carbocycles. The summed E-state index contributed by atoms with van der Waals surface area (Å²) < 4.78 is 17.8. The summed E-state index contributed by atoms with van der Waals surface area (Å²) >= 11 is 7.42. The number of ether oxygens (including phenoxy) is 3. The summed E-state index contributed by atoms with van der Waals surface area (Å²) in [7, 11) is 0. The quantitative estimate of drug-likeness (QED) is 0.133. The van der Waals surface area contributed by atoms with Crippen molar-refractivity contribution in [3.05, 3.63) is 82.4 Å². The van der Waals surface area contributed by atoms with Gasteiger partial charge in [-0.2, -0.15) is 0 Å². The number of fused-ring (bicyclic) bond motifs is 1. The maximum absolute atomic E-state index is 13.6. The molecule has 1 fully saturated rings. The molecule has 0 bridgehead atoms. The van der Waals surface area contributed by atoms with E-state index in [9.17, 15) is 14.7 Å². The van der Waals surface area contributed by atoms with Gasteiger partial charge < -0.3 is 19.3 Å². The molecule has 1 N–H and O–H groups in total. The van der Waals surface area contributed by atoms with Crippen LogP contribution in [0.25, 0.3) is 16.0 Å². The Morgan fingerprint density at radius 1 is 0.925 bits per heavy atom. The van der Waals surface area contributed by atoms with Crippen LogP contribution in [0.1, 0.15) is 37.9 Å². The predicted octanol–water partition coefficient (Wildman–Crippen LogP) is 6.77. The Balaban J connectivity index is 1.70. The number of carbonyl (C=O) groups is 2. The van der Waals surface area contributed by atoms with Crippen molar-refractivity contribution in [2.45, 2.75) is 26.8 Å². The topological polar surface area (TPSA) is 98.2 Å². The lowest BCUT2D eigenvalue weighted by atomic mass is 9.95. The van der Waals surface area contributed by atoms with Crippen LogP contribution >= 0.6 is 22.9 Å². The third-order valence-electron chi connectivity index (χ3n) is 6.31. The molecule has 2 heterocycles. The van der Waals surface area contributed by atoms with Crippen molar-refractivity contribution in [1.82, 2.24) is 4.98 Å². The molecule has 1 unspecified atom stereocenters. The fourth-order valence-electron chi connectivity index (χ4n) is 4.60. The van der Waals surface area contributed by atoms with Gasteiger partial charge in [0.05, 0.1) is 41.7 Å². The van der Waals surface area contributed by atoms with E-state index in [4.69, 9.17) is 25.8 Å². The molecule has 0 radical (unpaired) electrons. The molecule has 10 heteroatoms. The van der Waals surface area contributed by atoms with Gasteiger partial charge in [-0.3, -0.25) is 14.5 Å². The number of aromatic nitrogens is 1. The highest BCUT2D eigenvalue weighted by Gasteiger charge is 2.48. The van der Waals surface area contributed by atoms with Crippen molar-refractivity contribution in [3.63, 3.8) is 0 Å². The second kappa shape index (κ2) is 11.6. The zero-order valence-corrected chi connectivity index (χ0v) is 23.7. The number of Topliss-reactive ketones (excluding diaryl/α,β-unsaturated/α-hetero) is 1. The molecule has 0 saturated carbocycles. The summed E-state index contributed by atoms with van der Waals surface area (Å²) in [6.45, 7) is 6.90. The first kappa shape index (κ1) is 27.5. The average molecular weight is 579 g/mol. The SMILES string of the molecule is CCOc1ccc(C(O)=C2C(=O)C(=O)N(c3nc4ccc(Cl)cc4s3)C2c2ccc(OCC)c(OCC)c2)cc1. The van der Waals surface area contributed by atoms with Crippen LogP contribution in [0.2, 0.25) is 5.02 Å². The number of aliphatic hydroxyl groups is 1. The number of hydrogen-bond donors (Lipinski definition) is 1. The molecular weight excluding hydrogens is 552 g/mol. The Morgan fingerprint density at radius 3 is 2.33 bits per heavy atom. The van der Waals surface area contributed by atoms with Crippen LogP contribution in [0.15, 0.2) is 66.2 Å². The van der Waals surface area contributed by atoms with Gasteiger partial charge >= 0.3 is 5.91 Å². The predicted molar refractivity (Wildman–Crippen MR) is 156 cm³/mol. The summed E-state index contributed by atoms with van der Waals surface area (Å²) in [5, 5.41) is 12.3. The van der Waals surface area contributed by atoms with Crippen molar-refractivity contribution >= 4 is 55.7 Å². The van der Waals surface area contributed by atoms with Gasteiger partial charge in [-0.15, -0.1) is 0 Å². The summed E-state index contributed by atoms with van der Waals surface area (Å²) in [6.07, 6.45) is 0. The molecule has 0 spiro atoms. The number of anilines is 1. The fraction of sp³-hybridized carbons (Fsp3) is 0.233. The highest BCUT2D eigenvalue weighted by atomic mass is 35.5. The number of nitrogens with zero attached hydrogens (tertiary/aromatic N) is 2. The monoisotopic (exact) mass is 578 g/mol. The van der Waals surface area contributed by atoms with Crippen LogP contribution in [0, 0.1) is 0 Å². The second-order valence-electron chi connectivity index (χ2n) is 8.81. The number of aliphatic hydroxyl groups excluding tert-OH is 1. The molecule has 1 aromatic heterocycles. The van der Waals surface area contributed by atoms with Gasteiger partial charge in [0.1, 0.15) is 11.5 Å². The highest BCUT2D eigenvalue weighted by Crippen LogP contribution is 2.46. The number of rotatable bonds is 9. The number of thiazole rings is 1. The second-order valence-corrected chi connectivity index (χ2v) is 10.3. The van der Waals surface area contributed by atoms with Crippen LogP contribution in [0.3, 0.4) is 0 Å². The van der Waals surface area contributed by atoms with Crippen molar-refractivity contribution in [2.75, 3.05) is 24.7 Å². The lowest BCUT2D eigenvalue weighted by Gasteiger charge is -2.24. The number of carbonyl (C=O) groups excluding carboxylic acids is 2. The van der Waals surface area contributed by atoms with E-state index >= 15 is 0 Å². The normalized spacial score (nSPS) is 16.5. The Hall–Kier alpha value is -4.08. The van der Waals surface area contributed by atoms with Crippen LogP contribution in [-0.2, 0) is 9.59 Å². The largest absolute Gasteiger partial charge is 0.507 e. The van der Waals surface area contributed by atoms with Gasteiger partial charge in [-0.25, -0.2) is 4.98 Å². The molecule has 4 aromatic rings. The minimum absolute atomic E-state index is 0.0574. The first-order valence-corrected chi connectivity index (χ1v) is 14.1. The lowest BCUT2D eigenvalue weighted by molar-refractivity contribution is -0.132. The van der Waals surface area contributed by atoms with Crippen LogP contribution in [0.4, 0.5) is 5.13 Å². The molecular formula is C30H27ClN2O6S. The van der Waals surface area contributed by atoms with E-state index in [0.717, 1.165) is 4.70 Å². The van der Waals surface area contributed by atoms with Crippen molar-refractivity contribution < 1.29 is 28.9 Å². The van der Waals surface area contributed by atoms with Crippen molar-refractivity contribution in [3.8, 4) is 17.2 Å². The summed E-state index contributed by atoms with van der Waals surface area (Å²) in [5.41, 5.74) is 1.51. The molecule has 8 nitrogen and oxygen atoms in total. The van der Waals surface area contributed by atoms with Gasteiger partial charge in [0.15, 0.2) is 16.6 Å². The first-order valence-electron chi connectivity index (χ1n) is 12.9. The third kappa shape index (κ3) is 5.10. The van der Waals surface area contributed by atoms with Gasteiger partial charge in [0.25, 0.3) is 5.78 Å². The number of hydrogen-bond acceptors (Lipinski definition) is 8. The molecule has 206 valence electrons. The maximum Gasteiger partial charge on any atom is 0.301 e. The van der Waals surface area contributed by atoms with Gasteiger partial charge in [0, 0.05) is 10.6 Å². The number of ketones is 1. The van der Waals surface area contributed by atoms with Gasteiger partial charge in [0.2, 0.25) is 0 Å². The molecule has 1 atom stereocenters. The summed E-state index contributed by atoms with van der Waals surface area (Å²) in [5.74, 6) is -0.298. The third-order valence-corrected chi connectivity index (χ3v) is 7.56. The Bertz CT molecular complexity index is 1610. The summed E-state index contributed by atoms with van der Waals surface area (Å²) in [6, 6.07) is 16.2. The Labute approximate surface area is 240 Å². The van der Waals surface area contributed by atoms with Crippen LogP contribution < -0.4 is 19.1 Å². The van der Waals surface area contributed by atoms with E-state index in [0.29, 0.717) is 63.9 Å². The summed E-state index contributed by atoms with van der Waals surface area (Å²) in [4.78, 5) is 33.1. The van der Waals surface area contributed by atoms with E-state index in [1.54, 1.807) is 60.7 Å². The van der Waals surface area contributed by atoms with E-state index < -0.39 is 17.7 Å². The molecule has 40 heavy (non-hydrogen) atoms. The smallest absolute Gasteiger partial charge is 0.301 e.